The average molecular weight is 433 g/mol. The van der Waals surface area contributed by atoms with Crippen LogP contribution in [-0.4, -0.2) is 56.3 Å². The van der Waals surface area contributed by atoms with Gasteiger partial charge in [-0.2, -0.15) is 0 Å². The number of rotatable bonds is 4. The highest BCUT2D eigenvalue weighted by Crippen LogP contribution is 2.38. The summed E-state index contributed by atoms with van der Waals surface area (Å²) in [5, 5.41) is 3.43. The maximum atomic E-state index is 5.82. The Balaban J connectivity index is 1.44. The van der Waals surface area contributed by atoms with E-state index in [1.807, 2.05) is 12.3 Å². The number of aromatic nitrogens is 1. The molecular weight excluding hydrogens is 408 g/mol. The largest absolute Gasteiger partial charge is 0.490 e. The molecule has 1 fully saturated rings. The van der Waals surface area contributed by atoms with Gasteiger partial charge >= 0.3 is 0 Å². The Morgan fingerprint density at radius 1 is 1.11 bits per heavy atom. The third-order valence-corrected chi connectivity index (χ3v) is 5.54. The van der Waals surface area contributed by atoms with Crippen LogP contribution < -0.4 is 19.7 Å². The molecule has 0 amide bonds. The number of hydrogen-bond acceptors (Lipinski definition) is 6. The van der Waals surface area contributed by atoms with Gasteiger partial charge in [-0.15, -0.1) is 0 Å². The third kappa shape index (κ3) is 4.47. The molecule has 2 aliphatic rings. The van der Waals surface area contributed by atoms with E-state index in [4.69, 9.17) is 9.47 Å². The number of ether oxygens (including phenoxy) is 2. The number of piperazine rings is 1. The second-order valence-electron chi connectivity index (χ2n) is 7.00. The first kappa shape index (κ1) is 18.4. The summed E-state index contributed by atoms with van der Waals surface area (Å²) < 4.78 is 12.5. The highest BCUT2D eigenvalue weighted by molar-refractivity contribution is 9.10. The molecule has 0 spiro atoms. The van der Waals surface area contributed by atoms with Gasteiger partial charge in [0.25, 0.3) is 0 Å². The molecule has 1 saturated heterocycles. The molecule has 3 heterocycles. The van der Waals surface area contributed by atoms with Gasteiger partial charge in [-0.3, -0.25) is 0 Å². The second kappa shape index (κ2) is 8.35. The quantitative estimate of drug-likeness (QED) is 0.798. The first-order valence-electron chi connectivity index (χ1n) is 9.40. The summed E-state index contributed by atoms with van der Waals surface area (Å²) in [6.07, 6.45) is 2.78. The zero-order valence-electron chi connectivity index (χ0n) is 15.6. The van der Waals surface area contributed by atoms with Gasteiger partial charge in [-0.1, -0.05) is 0 Å². The second-order valence-corrected chi connectivity index (χ2v) is 7.85. The van der Waals surface area contributed by atoms with E-state index >= 15 is 0 Å². The van der Waals surface area contributed by atoms with Crippen molar-refractivity contribution in [1.29, 1.82) is 0 Å². The van der Waals surface area contributed by atoms with Crippen molar-refractivity contribution in [2.24, 2.45) is 0 Å². The number of nitrogens with one attached hydrogen (secondary N) is 1. The summed E-state index contributed by atoms with van der Waals surface area (Å²) in [5.74, 6) is 2.49. The number of benzene rings is 1. The molecule has 144 valence electrons. The lowest BCUT2D eigenvalue weighted by Gasteiger charge is -2.34. The van der Waals surface area contributed by atoms with Crippen LogP contribution in [0.1, 0.15) is 12.0 Å². The molecule has 0 radical (unpaired) electrons. The summed E-state index contributed by atoms with van der Waals surface area (Å²) in [6.45, 7) is 6.34. The fourth-order valence-corrected chi connectivity index (χ4v) is 3.96. The number of fused-ring (bicyclic) bond motifs is 1. The van der Waals surface area contributed by atoms with Crippen LogP contribution in [0.15, 0.2) is 34.9 Å². The molecule has 0 bridgehead atoms. The van der Waals surface area contributed by atoms with E-state index in [-0.39, 0.29) is 0 Å². The minimum absolute atomic E-state index is 0.675. The normalized spacial score (nSPS) is 17.5. The van der Waals surface area contributed by atoms with Crippen LogP contribution in [-0.2, 0) is 6.54 Å². The van der Waals surface area contributed by atoms with Gasteiger partial charge in [0, 0.05) is 57.1 Å². The van der Waals surface area contributed by atoms with E-state index in [2.05, 4.69) is 61.3 Å². The summed E-state index contributed by atoms with van der Waals surface area (Å²) in [4.78, 5) is 9.25. The summed E-state index contributed by atoms with van der Waals surface area (Å²) in [6, 6.07) is 8.33. The monoisotopic (exact) mass is 432 g/mol. The van der Waals surface area contributed by atoms with Crippen molar-refractivity contribution in [1.82, 2.24) is 9.88 Å². The number of likely N-dealkylation sites (N-methyl/N-ethyl adjacent to an activating group) is 1. The van der Waals surface area contributed by atoms with Gasteiger partial charge in [0.15, 0.2) is 11.5 Å². The minimum atomic E-state index is 0.675. The number of halogens is 1. The summed E-state index contributed by atoms with van der Waals surface area (Å²) >= 11 is 3.60. The molecule has 1 N–H and O–H groups in total. The van der Waals surface area contributed by atoms with E-state index in [1.54, 1.807) is 0 Å². The Hall–Kier alpha value is -1.99. The predicted octanol–water partition coefficient (Wildman–Crippen LogP) is 3.37. The zero-order chi connectivity index (χ0) is 18.6. The van der Waals surface area contributed by atoms with E-state index in [0.717, 1.165) is 60.0 Å². The SMILES string of the molecule is CN1CCN(c2ccnc(NCc3cc(Br)c4c(c3)OCCCO4)c2)CC1. The van der Waals surface area contributed by atoms with Crippen LogP contribution in [0.4, 0.5) is 11.5 Å². The van der Waals surface area contributed by atoms with Crippen molar-refractivity contribution in [3.8, 4) is 11.5 Å². The molecular formula is C20H25BrN4O2. The first-order chi connectivity index (χ1) is 13.2. The van der Waals surface area contributed by atoms with Crippen molar-refractivity contribution in [2.45, 2.75) is 13.0 Å². The van der Waals surface area contributed by atoms with Crippen LogP contribution in [0.25, 0.3) is 0 Å². The highest BCUT2D eigenvalue weighted by Gasteiger charge is 2.16. The maximum Gasteiger partial charge on any atom is 0.175 e. The van der Waals surface area contributed by atoms with Crippen LogP contribution in [0, 0.1) is 0 Å². The van der Waals surface area contributed by atoms with E-state index in [1.165, 1.54) is 5.69 Å². The van der Waals surface area contributed by atoms with Gasteiger partial charge in [0.05, 0.1) is 17.7 Å². The van der Waals surface area contributed by atoms with Crippen LogP contribution >= 0.6 is 15.9 Å². The standard InChI is InChI=1S/C20H25BrN4O2/c1-24-5-7-25(8-6-24)16-3-4-22-19(13-16)23-14-15-11-17(21)20-18(12-15)26-9-2-10-27-20/h3-4,11-13H,2,5-10,14H2,1H3,(H,22,23). The molecule has 4 rings (SSSR count). The molecule has 0 saturated carbocycles. The molecule has 2 aromatic rings. The third-order valence-electron chi connectivity index (χ3n) is 4.95. The van der Waals surface area contributed by atoms with Crippen molar-refractivity contribution in [2.75, 3.05) is 56.7 Å². The van der Waals surface area contributed by atoms with Crippen LogP contribution in [0.5, 0.6) is 11.5 Å². The minimum Gasteiger partial charge on any atom is -0.490 e. The van der Waals surface area contributed by atoms with Gasteiger partial charge in [0.1, 0.15) is 5.82 Å². The van der Waals surface area contributed by atoms with Gasteiger partial charge < -0.3 is 24.6 Å². The van der Waals surface area contributed by atoms with Crippen LogP contribution in [0.2, 0.25) is 0 Å². The Kier molecular flexibility index (Phi) is 5.69. The maximum absolute atomic E-state index is 5.82. The Labute approximate surface area is 168 Å². The van der Waals surface area contributed by atoms with E-state index in [0.29, 0.717) is 19.8 Å². The van der Waals surface area contributed by atoms with Crippen molar-refractivity contribution < 1.29 is 9.47 Å². The number of anilines is 2. The smallest absolute Gasteiger partial charge is 0.175 e. The van der Waals surface area contributed by atoms with Crippen molar-refractivity contribution in [3.63, 3.8) is 0 Å². The van der Waals surface area contributed by atoms with Gasteiger partial charge in [-0.25, -0.2) is 4.98 Å². The predicted molar refractivity (Wildman–Crippen MR) is 111 cm³/mol. The molecule has 2 aliphatic heterocycles. The molecule has 0 atom stereocenters. The summed E-state index contributed by atoms with van der Waals surface area (Å²) in [5.41, 5.74) is 2.35. The molecule has 0 unspecified atom stereocenters. The molecule has 27 heavy (non-hydrogen) atoms. The first-order valence-corrected chi connectivity index (χ1v) is 10.2. The Morgan fingerprint density at radius 2 is 1.93 bits per heavy atom. The van der Waals surface area contributed by atoms with Crippen LogP contribution in [0.3, 0.4) is 0 Å². The van der Waals surface area contributed by atoms with Gasteiger partial charge in [0.2, 0.25) is 0 Å². The topological polar surface area (TPSA) is 49.9 Å². The Morgan fingerprint density at radius 3 is 2.78 bits per heavy atom. The lowest BCUT2D eigenvalue weighted by Crippen LogP contribution is -2.44. The van der Waals surface area contributed by atoms with Crippen molar-refractivity contribution in [3.05, 3.63) is 40.5 Å². The fraction of sp³-hybridized carbons (Fsp3) is 0.450. The lowest BCUT2D eigenvalue weighted by molar-refractivity contribution is 0.296. The molecule has 1 aromatic carbocycles. The number of pyridine rings is 1. The number of hydrogen-bond donors (Lipinski definition) is 1. The highest BCUT2D eigenvalue weighted by atomic mass is 79.9. The van der Waals surface area contributed by atoms with Crippen molar-refractivity contribution >= 4 is 27.4 Å². The molecule has 0 aliphatic carbocycles. The fourth-order valence-electron chi connectivity index (χ4n) is 3.36. The summed E-state index contributed by atoms with van der Waals surface area (Å²) in [7, 11) is 2.17. The molecule has 6 nitrogen and oxygen atoms in total. The Bertz CT molecular complexity index is 794. The van der Waals surface area contributed by atoms with E-state index in [9.17, 15) is 0 Å². The number of nitrogens with zero attached hydrogens (tertiary/aromatic N) is 3. The molecule has 1 aromatic heterocycles. The zero-order valence-corrected chi connectivity index (χ0v) is 17.2. The van der Waals surface area contributed by atoms with Gasteiger partial charge in [-0.05, 0) is 46.7 Å². The average Bonchev–Trinajstić information content (AvgIpc) is 2.93. The molecule has 7 heteroatoms. The lowest BCUT2D eigenvalue weighted by atomic mass is 10.2. The van der Waals surface area contributed by atoms with E-state index < -0.39 is 0 Å².